The molecule has 0 spiro atoms. The Kier molecular flexibility index (Phi) is 5.69. The lowest BCUT2D eigenvalue weighted by molar-refractivity contribution is -0.113. The third kappa shape index (κ3) is 4.08. The second-order valence-corrected chi connectivity index (χ2v) is 8.33. The fourth-order valence-corrected chi connectivity index (χ4v) is 4.18. The first-order valence-electron chi connectivity index (χ1n) is 10.3. The molecule has 0 saturated heterocycles. The number of anilines is 1. The van der Waals surface area contributed by atoms with E-state index in [4.69, 9.17) is 9.15 Å². The Morgan fingerprint density at radius 1 is 0.912 bits per heavy atom. The molecule has 0 radical (unpaired) electrons. The van der Waals surface area contributed by atoms with E-state index in [-0.39, 0.29) is 34.0 Å². The van der Waals surface area contributed by atoms with Gasteiger partial charge in [0.25, 0.3) is 5.22 Å². The number of ketones is 2. The number of ether oxygens (including phenoxy) is 1. The van der Waals surface area contributed by atoms with Gasteiger partial charge < -0.3 is 14.5 Å². The molecule has 1 aromatic heterocycles. The van der Waals surface area contributed by atoms with Gasteiger partial charge in [0.15, 0.2) is 11.6 Å². The summed E-state index contributed by atoms with van der Waals surface area (Å²) in [4.78, 5) is 38.0. The Hall–Kier alpha value is -4.24. The van der Waals surface area contributed by atoms with Gasteiger partial charge in [0.2, 0.25) is 11.8 Å². The zero-order valence-corrected chi connectivity index (χ0v) is 18.7. The summed E-state index contributed by atoms with van der Waals surface area (Å²) in [5.41, 5.74) is 2.52. The van der Waals surface area contributed by atoms with Gasteiger partial charge in [0, 0.05) is 33.5 Å². The fraction of sp³-hybridized carbons (Fsp3) is 0.0800. The van der Waals surface area contributed by atoms with Crippen LogP contribution in [0.4, 0.5) is 5.69 Å². The van der Waals surface area contributed by atoms with Gasteiger partial charge in [-0.05, 0) is 42.5 Å². The molecule has 0 bridgehead atoms. The number of nitrogens with zero attached hydrogens (tertiary/aromatic N) is 2. The molecule has 0 unspecified atom stereocenters. The number of benzene rings is 3. The summed E-state index contributed by atoms with van der Waals surface area (Å²) in [7, 11) is 1.59. The Morgan fingerprint density at radius 2 is 1.59 bits per heavy atom. The lowest BCUT2D eigenvalue weighted by atomic mass is 9.84. The van der Waals surface area contributed by atoms with Crippen LogP contribution in [0.15, 0.2) is 76.4 Å². The van der Waals surface area contributed by atoms with Crippen molar-refractivity contribution in [2.24, 2.45) is 0 Å². The van der Waals surface area contributed by atoms with Crippen LogP contribution in [0.25, 0.3) is 11.5 Å². The predicted octanol–water partition coefficient (Wildman–Crippen LogP) is 4.25. The molecule has 1 aliphatic rings. The van der Waals surface area contributed by atoms with Crippen molar-refractivity contribution < 1.29 is 23.5 Å². The number of hydrogen-bond acceptors (Lipinski definition) is 8. The highest BCUT2D eigenvalue weighted by Gasteiger charge is 2.29. The molecule has 0 fully saturated rings. The van der Waals surface area contributed by atoms with Crippen molar-refractivity contribution >= 4 is 34.9 Å². The van der Waals surface area contributed by atoms with Crippen LogP contribution < -0.4 is 10.1 Å². The van der Waals surface area contributed by atoms with Gasteiger partial charge in [-0.2, -0.15) is 0 Å². The molecule has 1 amide bonds. The summed E-state index contributed by atoms with van der Waals surface area (Å²) >= 11 is 1.09. The first-order chi connectivity index (χ1) is 16.5. The van der Waals surface area contributed by atoms with E-state index in [1.54, 1.807) is 67.8 Å². The third-order valence-corrected chi connectivity index (χ3v) is 6.10. The highest BCUT2D eigenvalue weighted by atomic mass is 32.2. The first kappa shape index (κ1) is 21.6. The van der Waals surface area contributed by atoms with Crippen LogP contribution in [0.2, 0.25) is 0 Å². The molecule has 1 N–H and O–H groups in total. The molecular weight excluding hydrogens is 454 g/mol. The van der Waals surface area contributed by atoms with E-state index in [0.717, 1.165) is 17.3 Å². The monoisotopic (exact) mass is 471 g/mol. The SMILES string of the molecule is COc1ccc(-c2nnc(SCC(=O)Nc3ccc4c(c3)C(=O)c3ccccc3C4=O)o2)cc1. The molecule has 3 aromatic carbocycles. The maximum atomic E-state index is 12.9. The lowest BCUT2D eigenvalue weighted by Crippen LogP contribution is -2.21. The van der Waals surface area contributed by atoms with E-state index in [1.807, 2.05) is 0 Å². The summed E-state index contributed by atoms with van der Waals surface area (Å²) in [5.74, 6) is 0.312. The fourth-order valence-electron chi connectivity index (χ4n) is 3.62. The summed E-state index contributed by atoms with van der Waals surface area (Å²) in [6.07, 6.45) is 0. The van der Waals surface area contributed by atoms with E-state index in [1.165, 1.54) is 6.07 Å². The summed E-state index contributed by atoms with van der Waals surface area (Å²) in [6.45, 7) is 0. The number of carbonyl (C=O) groups is 3. The zero-order valence-electron chi connectivity index (χ0n) is 17.9. The maximum absolute atomic E-state index is 12.9. The Morgan fingerprint density at radius 3 is 2.29 bits per heavy atom. The summed E-state index contributed by atoms with van der Waals surface area (Å²) in [5, 5.41) is 11.0. The third-order valence-electron chi connectivity index (χ3n) is 5.28. The van der Waals surface area contributed by atoms with Gasteiger partial charge in [0.05, 0.1) is 12.9 Å². The molecule has 1 aliphatic carbocycles. The lowest BCUT2D eigenvalue weighted by Gasteiger charge is -2.18. The molecule has 4 aromatic rings. The van der Waals surface area contributed by atoms with Gasteiger partial charge in [-0.25, -0.2) is 0 Å². The van der Waals surface area contributed by atoms with Gasteiger partial charge in [-0.3, -0.25) is 14.4 Å². The summed E-state index contributed by atoms with van der Waals surface area (Å²) < 4.78 is 10.7. The number of thioether (sulfide) groups is 1. The molecule has 9 heteroatoms. The minimum Gasteiger partial charge on any atom is -0.497 e. The molecule has 168 valence electrons. The topological polar surface area (TPSA) is 111 Å². The second kappa shape index (κ2) is 8.95. The van der Waals surface area contributed by atoms with E-state index in [2.05, 4.69) is 15.5 Å². The Balaban J connectivity index is 1.24. The standard InChI is InChI=1S/C25H17N3O5S/c1-32-16-9-6-14(7-10-16)24-27-28-25(33-24)34-13-21(29)26-15-8-11-19-20(12-15)23(31)18-5-3-2-4-17(18)22(19)30/h2-12H,13H2,1H3,(H,26,29). The Labute approximate surface area is 198 Å². The molecular formula is C25H17N3O5S. The van der Waals surface area contributed by atoms with Crippen LogP contribution in [-0.2, 0) is 4.79 Å². The summed E-state index contributed by atoms with van der Waals surface area (Å²) in [6, 6.07) is 18.6. The Bertz CT molecular complexity index is 1430. The van der Waals surface area contributed by atoms with E-state index in [0.29, 0.717) is 34.0 Å². The molecule has 34 heavy (non-hydrogen) atoms. The van der Waals surface area contributed by atoms with Crippen molar-refractivity contribution in [1.82, 2.24) is 10.2 Å². The van der Waals surface area contributed by atoms with Crippen molar-refractivity contribution in [3.05, 3.63) is 89.0 Å². The first-order valence-corrected chi connectivity index (χ1v) is 11.2. The number of hydrogen-bond donors (Lipinski definition) is 1. The van der Waals surface area contributed by atoms with Crippen LogP contribution >= 0.6 is 11.8 Å². The average molecular weight is 471 g/mol. The van der Waals surface area contributed by atoms with Crippen LogP contribution in [0, 0.1) is 0 Å². The molecule has 5 rings (SSSR count). The van der Waals surface area contributed by atoms with Gasteiger partial charge in [0.1, 0.15) is 5.75 Å². The second-order valence-electron chi connectivity index (χ2n) is 7.40. The molecule has 1 heterocycles. The van der Waals surface area contributed by atoms with E-state index in [9.17, 15) is 14.4 Å². The smallest absolute Gasteiger partial charge is 0.277 e. The highest BCUT2D eigenvalue weighted by Crippen LogP contribution is 2.29. The molecule has 0 atom stereocenters. The van der Waals surface area contributed by atoms with Crippen molar-refractivity contribution in [2.45, 2.75) is 5.22 Å². The van der Waals surface area contributed by atoms with Crippen molar-refractivity contribution in [2.75, 3.05) is 18.2 Å². The number of fused-ring (bicyclic) bond motifs is 2. The van der Waals surface area contributed by atoms with E-state index >= 15 is 0 Å². The van der Waals surface area contributed by atoms with Crippen molar-refractivity contribution in [3.63, 3.8) is 0 Å². The minimum absolute atomic E-state index is 0.0248. The predicted molar refractivity (Wildman–Crippen MR) is 125 cm³/mol. The van der Waals surface area contributed by atoms with Gasteiger partial charge in [-0.1, -0.05) is 36.0 Å². The van der Waals surface area contributed by atoms with Crippen molar-refractivity contribution in [1.29, 1.82) is 0 Å². The number of amides is 1. The average Bonchev–Trinajstić information content (AvgIpc) is 3.35. The molecule has 0 saturated carbocycles. The number of aromatic nitrogens is 2. The van der Waals surface area contributed by atoms with Crippen LogP contribution in [0.3, 0.4) is 0 Å². The molecule has 0 aliphatic heterocycles. The maximum Gasteiger partial charge on any atom is 0.277 e. The van der Waals surface area contributed by atoms with Gasteiger partial charge >= 0.3 is 0 Å². The van der Waals surface area contributed by atoms with Gasteiger partial charge in [-0.15, -0.1) is 10.2 Å². The number of carbonyl (C=O) groups excluding carboxylic acids is 3. The quantitative estimate of drug-likeness (QED) is 0.366. The van der Waals surface area contributed by atoms with Crippen LogP contribution in [0.1, 0.15) is 31.8 Å². The normalized spacial score (nSPS) is 12.1. The van der Waals surface area contributed by atoms with Crippen molar-refractivity contribution in [3.8, 4) is 17.2 Å². The zero-order chi connectivity index (χ0) is 23.7. The van der Waals surface area contributed by atoms with Crippen LogP contribution in [0.5, 0.6) is 5.75 Å². The highest BCUT2D eigenvalue weighted by molar-refractivity contribution is 7.99. The number of methoxy groups -OCH3 is 1. The largest absolute Gasteiger partial charge is 0.497 e. The van der Waals surface area contributed by atoms with E-state index < -0.39 is 0 Å². The minimum atomic E-state index is -0.316. The molecule has 8 nitrogen and oxygen atoms in total. The number of rotatable bonds is 6. The van der Waals surface area contributed by atoms with Crippen LogP contribution in [-0.4, -0.2) is 40.5 Å². The number of nitrogens with one attached hydrogen (secondary N) is 1.